The Kier molecular flexibility index (Phi) is 5.72. The normalized spacial score (nSPS) is 13.7. The fraction of sp³-hybridized carbons (Fsp3) is 0.167. The van der Waals surface area contributed by atoms with Crippen molar-refractivity contribution in [3.8, 4) is 11.5 Å². The summed E-state index contributed by atoms with van der Waals surface area (Å²) in [6.45, 7) is 0.445. The van der Waals surface area contributed by atoms with Gasteiger partial charge in [-0.15, -0.1) is 0 Å². The molecule has 8 nitrogen and oxygen atoms in total. The number of fused-ring (bicyclic) bond motifs is 2. The Morgan fingerprint density at radius 1 is 1.06 bits per heavy atom. The molecule has 4 aromatic rings. The van der Waals surface area contributed by atoms with Crippen LogP contribution in [0.3, 0.4) is 0 Å². The van der Waals surface area contributed by atoms with Gasteiger partial charge in [-0.1, -0.05) is 41.7 Å². The maximum absolute atomic E-state index is 12.9. The van der Waals surface area contributed by atoms with Crippen molar-refractivity contribution in [1.82, 2.24) is 8.87 Å². The minimum Gasteiger partial charge on any atom is -0.454 e. The van der Waals surface area contributed by atoms with E-state index in [0.717, 1.165) is 15.8 Å². The van der Waals surface area contributed by atoms with Crippen LogP contribution in [0.4, 0.5) is 0 Å². The standard InChI is InChI=1S/C24H21N3O5S2/c1-26(14-16-6-4-3-5-7-16)34(29,30)18-10-8-17(9-11-18)23(28)25-24-27(2)19-12-20-21(32-15-31-20)13-22(19)33-24/h3-13H,14-15H2,1-2H3. The molecule has 0 atom stereocenters. The first-order valence-corrected chi connectivity index (χ1v) is 12.7. The van der Waals surface area contributed by atoms with Crippen molar-refractivity contribution in [2.45, 2.75) is 11.4 Å². The number of aromatic nitrogens is 1. The minimum absolute atomic E-state index is 0.115. The van der Waals surface area contributed by atoms with Crippen molar-refractivity contribution in [2.24, 2.45) is 12.0 Å². The monoisotopic (exact) mass is 495 g/mol. The van der Waals surface area contributed by atoms with Gasteiger partial charge in [-0.25, -0.2) is 8.42 Å². The van der Waals surface area contributed by atoms with Gasteiger partial charge in [-0.05, 0) is 29.8 Å². The van der Waals surface area contributed by atoms with E-state index in [1.54, 1.807) is 0 Å². The Hall–Kier alpha value is -3.47. The van der Waals surface area contributed by atoms with Crippen LogP contribution in [-0.4, -0.2) is 37.0 Å². The second-order valence-corrected chi connectivity index (χ2v) is 10.9. The predicted octanol–water partition coefficient (Wildman–Crippen LogP) is 3.53. The smallest absolute Gasteiger partial charge is 0.279 e. The van der Waals surface area contributed by atoms with Gasteiger partial charge in [0.25, 0.3) is 5.91 Å². The van der Waals surface area contributed by atoms with E-state index < -0.39 is 15.9 Å². The van der Waals surface area contributed by atoms with Crippen LogP contribution in [0, 0.1) is 0 Å². The van der Waals surface area contributed by atoms with Crippen LogP contribution in [0.15, 0.2) is 76.6 Å². The predicted molar refractivity (Wildman–Crippen MR) is 128 cm³/mol. The molecule has 1 aliphatic rings. The van der Waals surface area contributed by atoms with Gasteiger partial charge >= 0.3 is 0 Å². The number of benzene rings is 3. The van der Waals surface area contributed by atoms with Crippen LogP contribution in [0.1, 0.15) is 15.9 Å². The molecule has 0 bridgehead atoms. The third-order valence-electron chi connectivity index (χ3n) is 5.56. The zero-order chi connectivity index (χ0) is 23.9. The molecule has 0 spiro atoms. The number of nitrogens with zero attached hydrogens (tertiary/aromatic N) is 3. The van der Waals surface area contributed by atoms with E-state index in [-0.39, 0.29) is 18.2 Å². The second-order valence-electron chi connectivity index (χ2n) is 7.80. The van der Waals surface area contributed by atoms with Crippen LogP contribution in [-0.2, 0) is 23.6 Å². The van der Waals surface area contributed by atoms with Crippen LogP contribution in [0.2, 0.25) is 0 Å². The molecule has 0 saturated heterocycles. The summed E-state index contributed by atoms with van der Waals surface area (Å²) < 4.78 is 40.7. The molecule has 1 aromatic heterocycles. The summed E-state index contributed by atoms with van der Waals surface area (Å²) in [6.07, 6.45) is 0. The van der Waals surface area contributed by atoms with Crippen LogP contribution in [0.5, 0.6) is 11.5 Å². The summed E-state index contributed by atoms with van der Waals surface area (Å²) in [6, 6.07) is 18.9. The first-order valence-electron chi connectivity index (χ1n) is 10.4. The number of sulfonamides is 1. The van der Waals surface area contributed by atoms with Gasteiger partial charge in [0.2, 0.25) is 16.8 Å². The first kappa shape index (κ1) is 22.3. The van der Waals surface area contributed by atoms with Crippen molar-refractivity contribution < 1.29 is 22.7 Å². The van der Waals surface area contributed by atoms with E-state index in [9.17, 15) is 13.2 Å². The Morgan fingerprint density at radius 3 is 2.44 bits per heavy atom. The van der Waals surface area contributed by atoms with E-state index in [1.165, 1.54) is 47.0 Å². The Morgan fingerprint density at radius 2 is 1.74 bits per heavy atom. The summed E-state index contributed by atoms with van der Waals surface area (Å²) in [5.74, 6) is 0.873. The fourth-order valence-corrected chi connectivity index (χ4v) is 5.84. The Bertz CT molecular complexity index is 1560. The molecule has 0 fully saturated rings. The molecule has 1 aliphatic heterocycles. The number of thiazole rings is 1. The number of ether oxygens (including phenoxy) is 2. The molecule has 10 heteroatoms. The molecule has 5 rings (SSSR count). The third kappa shape index (κ3) is 4.11. The molecular formula is C24H21N3O5S2. The highest BCUT2D eigenvalue weighted by Gasteiger charge is 2.21. The molecule has 2 heterocycles. The number of aryl methyl sites for hydroxylation is 1. The van der Waals surface area contributed by atoms with Gasteiger partial charge in [0, 0.05) is 38.3 Å². The summed E-state index contributed by atoms with van der Waals surface area (Å²) in [4.78, 5) is 17.7. The fourth-order valence-electron chi connectivity index (χ4n) is 3.65. The average Bonchev–Trinajstić information content (AvgIpc) is 3.42. The van der Waals surface area contributed by atoms with E-state index in [1.807, 2.05) is 54.1 Å². The van der Waals surface area contributed by atoms with Crippen molar-refractivity contribution >= 4 is 37.5 Å². The van der Waals surface area contributed by atoms with Gasteiger partial charge in [-0.2, -0.15) is 9.30 Å². The van der Waals surface area contributed by atoms with E-state index in [2.05, 4.69) is 4.99 Å². The molecule has 0 aliphatic carbocycles. The highest BCUT2D eigenvalue weighted by molar-refractivity contribution is 7.89. The average molecular weight is 496 g/mol. The summed E-state index contributed by atoms with van der Waals surface area (Å²) in [5, 5.41) is 0. The number of carbonyl (C=O) groups excluding carboxylic acids is 1. The lowest BCUT2D eigenvalue weighted by Crippen LogP contribution is -2.26. The summed E-state index contributed by atoms with van der Waals surface area (Å²) in [5.41, 5.74) is 2.07. The van der Waals surface area contributed by atoms with Crippen LogP contribution >= 0.6 is 11.3 Å². The van der Waals surface area contributed by atoms with Gasteiger partial charge < -0.3 is 14.0 Å². The Labute approximate surface area is 200 Å². The zero-order valence-electron chi connectivity index (χ0n) is 18.5. The second kappa shape index (κ2) is 8.71. The van der Waals surface area contributed by atoms with E-state index in [4.69, 9.17) is 9.47 Å². The van der Waals surface area contributed by atoms with Gasteiger partial charge in [-0.3, -0.25) is 4.79 Å². The molecule has 0 radical (unpaired) electrons. The lowest BCUT2D eigenvalue weighted by molar-refractivity contribution is 0.0998. The highest BCUT2D eigenvalue weighted by atomic mass is 32.2. The zero-order valence-corrected chi connectivity index (χ0v) is 20.1. The van der Waals surface area contributed by atoms with E-state index >= 15 is 0 Å². The number of hydrogen-bond acceptors (Lipinski definition) is 6. The van der Waals surface area contributed by atoms with Crippen molar-refractivity contribution in [1.29, 1.82) is 0 Å². The number of carbonyl (C=O) groups is 1. The maximum Gasteiger partial charge on any atom is 0.279 e. The highest BCUT2D eigenvalue weighted by Crippen LogP contribution is 2.36. The molecule has 34 heavy (non-hydrogen) atoms. The third-order valence-corrected chi connectivity index (χ3v) is 8.47. The molecule has 0 unspecified atom stereocenters. The molecule has 0 N–H and O–H groups in total. The maximum atomic E-state index is 12.9. The molecule has 3 aromatic carbocycles. The summed E-state index contributed by atoms with van der Waals surface area (Å²) in [7, 11) is -0.345. The molecule has 1 amide bonds. The lowest BCUT2D eigenvalue weighted by atomic mass is 10.2. The van der Waals surface area contributed by atoms with Crippen LogP contribution in [0.25, 0.3) is 10.2 Å². The van der Waals surface area contributed by atoms with Crippen molar-refractivity contribution in [2.75, 3.05) is 13.8 Å². The van der Waals surface area contributed by atoms with Gasteiger partial charge in [0.1, 0.15) is 0 Å². The molecule has 174 valence electrons. The Balaban J connectivity index is 1.39. The van der Waals surface area contributed by atoms with Gasteiger partial charge in [0.15, 0.2) is 16.3 Å². The largest absolute Gasteiger partial charge is 0.454 e. The van der Waals surface area contributed by atoms with Crippen LogP contribution < -0.4 is 14.3 Å². The first-order chi connectivity index (χ1) is 16.3. The number of rotatable bonds is 5. The van der Waals surface area contributed by atoms with Gasteiger partial charge in [0.05, 0.1) is 15.1 Å². The van der Waals surface area contributed by atoms with E-state index in [0.29, 0.717) is 21.9 Å². The molecular weight excluding hydrogens is 474 g/mol. The quantitative estimate of drug-likeness (QED) is 0.423. The van der Waals surface area contributed by atoms with Crippen molar-refractivity contribution in [3.63, 3.8) is 0 Å². The number of amides is 1. The SMILES string of the molecule is CN(Cc1ccccc1)S(=O)(=O)c1ccc(C(=O)N=c2sc3cc4c(cc3n2C)OCO4)cc1. The lowest BCUT2D eigenvalue weighted by Gasteiger charge is -2.17. The minimum atomic E-state index is -3.70. The molecule has 0 saturated carbocycles. The topological polar surface area (TPSA) is 90.2 Å². The number of hydrogen-bond donors (Lipinski definition) is 0. The van der Waals surface area contributed by atoms with Crippen molar-refractivity contribution in [3.05, 3.63) is 82.7 Å². The summed E-state index contributed by atoms with van der Waals surface area (Å²) >= 11 is 1.36.